The summed E-state index contributed by atoms with van der Waals surface area (Å²) in [5.74, 6) is -0.355. The number of hydrazone groups is 1. The minimum absolute atomic E-state index is 0.0556. The Hall–Kier alpha value is -3.07. The van der Waals surface area contributed by atoms with Crippen molar-refractivity contribution in [1.29, 1.82) is 0 Å². The van der Waals surface area contributed by atoms with E-state index in [4.69, 9.17) is 9.47 Å². The highest BCUT2D eigenvalue weighted by Gasteiger charge is 2.63. The van der Waals surface area contributed by atoms with E-state index in [-0.39, 0.29) is 10.7 Å². The third-order valence-corrected chi connectivity index (χ3v) is 4.52. The number of para-hydroxylation sites is 1. The molecule has 2 aromatic carbocycles. The molecular formula is C20H19F3N2O4. The minimum atomic E-state index is -5.12. The minimum Gasteiger partial charge on any atom is -0.497 e. The summed E-state index contributed by atoms with van der Waals surface area (Å²) in [6.45, 7) is 1.03. The maximum atomic E-state index is 13.6. The number of aryl methyl sites for hydroxylation is 1. The summed E-state index contributed by atoms with van der Waals surface area (Å²) >= 11 is 0. The predicted octanol–water partition coefficient (Wildman–Crippen LogP) is 3.27. The predicted molar refractivity (Wildman–Crippen MR) is 98.7 cm³/mol. The number of nitrogens with zero attached hydrogens (tertiary/aromatic N) is 2. The van der Waals surface area contributed by atoms with Crippen molar-refractivity contribution in [2.24, 2.45) is 5.10 Å². The SMILES string of the molecule is COc1cccc(C2=NN(C(=O)COc3ccccc3C)C(O)(C(F)(F)F)C2)c1. The molecule has 0 aliphatic carbocycles. The second kappa shape index (κ2) is 7.75. The van der Waals surface area contributed by atoms with Gasteiger partial charge in [-0.05, 0) is 30.7 Å². The summed E-state index contributed by atoms with van der Waals surface area (Å²) in [4.78, 5) is 12.5. The van der Waals surface area contributed by atoms with Crippen molar-refractivity contribution in [3.8, 4) is 11.5 Å². The van der Waals surface area contributed by atoms with E-state index in [0.29, 0.717) is 22.6 Å². The Morgan fingerprint density at radius 3 is 2.62 bits per heavy atom. The molecule has 0 bridgehead atoms. The number of halogens is 3. The van der Waals surface area contributed by atoms with Gasteiger partial charge in [0.05, 0.1) is 19.2 Å². The smallest absolute Gasteiger partial charge is 0.438 e. The number of ether oxygens (including phenoxy) is 2. The number of amides is 1. The van der Waals surface area contributed by atoms with Gasteiger partial charge in [-0.1, -0.05) is 30.3 Å². The highest BCUT2D eigenvalue weighted by atomic mass is 19.4. The zero-order valence-electron chi connectivity index (χ0n) is 15.7. The molecule has 1 heterocycles. The van der Waals surface area contributed by atoms with Crippen LogP contribution in [-0.4, -0.2) is 47.4 Å². The van der Waals surface area contributed by atoms with E-state index in [1.165, 1.54) is 19.2 Å². The standard InChI is InChI=1S/C20H19F3N2O4/c1-13-6-3-4-9-17(13)29-12-18(26)25-19(27,20(21,22)23)11-16(24-25)14-7-5-8-15(10-14)28-2/h3-10,27H,11-12H2,1-2H3. The molecular weight excluding hydrogens is 389 g/mol. The van der Waals surface area contributed by atoms with Crippen LogP contribution in [0.2, 0.25) is 0 Å². The third-order valence-electron chi connectivity index (χ3n) is 4.52. The lowest BCUT2D eigenvalue weighted by Gasteiger charge is -2.32. The average molecular weight is 408 g/mol. The van der Waals surface area contributed by atoms with Gasteiger partial charge >= 0.3 is 6.18 Å². The molecule has 2 aromatic rings. The Kier molecular flexibility index (Phi) is 5.52. The van der Waals surface area contributed by atoms with Crippen LogP contribution in [0, 0.1) is 6.92 Å². The fraction of sp³-hybridized carbons (Fsp3) is 0.300. The summed E-state index contributed by atoms with van der Waals surface area (Å²) in [7, 11) is 1.42. The molecule has 0 saturated carbocycles. The quantitative estimate of drug-likeness (QED) is 0.825. The van der Waals surface area contributed by atoms with Crippen molar-refractivity contribution in [3.63, 3.8) is 0 Å². The topological polar surface area (TPSA) is 71.4 Å². The fourth-order valence-corrected chi connectivity index (χ4v) is 2.91. The Balaban J connectivity index is 1.88. The molecule has 0 spiro atoms. The molecule has 0 radical (unpaired) electrons. The molecule has 29 heavy (non-hydrogen) atoms. The van der Waals surface area contributed by atoms with Gasteiger partial charge in [-0.15, -0.1) is 0 Å². The van der Waals surface area contributed by atoms with Crippen LogP contribution in [0.1, 0.15) is 17.5 Å². The van der Waals surface area contributed by atoms with Gasteiger partial charge in [-0.25, -0.2) is 0 Å². The molecule has 1 N–H and O–H groups in total. The van der Waals surface area contributed by atoms with Crippen LogP contribution in [-0.2, 0) is 4.79 Å². The van der Waals surface area contributed by atoms with E-state index in [2.05, 4.69) is 5.10 Å². The molecule has 3 rings (SSSR count). The lowest BCUT2D eigenvalue weighted by atomic mass is 10.0. The van der Waals surface area contributed by atoms with Crippen molar-refractivity contribution in [3.05, 3.63) is 59.7 Å². The summed E-state index contributed by atoms with van der Waals surface area (Å²) < 4.78 is 51.3. The molecule has 6 nitrogen and oxygen atoms in total. The van der Waals surface area contributed by atoms with Crippen LogP contribution < -0.4 is 9.47 Å². The first-order valence-electron chi connectivity index (χ1n) is 8.68. The maximum absolute atomic E-state index is 13.6. The summed E-state index contributed by atoms with van der Waals surface area (Å²) in [6.07, 6.45) is -6.02. The number of benzene rings is 2. The van der Waals surface area contributed by atoms with Crippen molar-refractivity contribution in [2.75, 3.05) is 13.7 Å². The van der Waals surface area contributed by atoms with Crippen LogP contribution in [0.15, 0.2) is 53.6 Å². The van der Waals surface area contributed by atoms with Gasteiger partial charge in [0.1, 0.15) is 11.5 Å². The molecule has 0 saturated heterocycles. The third kappa shape index (κ3) is 4.04. The number of rotatable bonds is 5. The van der Waals surface area contributed by atoms with Crippen molar-refractivity contribution in [2.45, 2.75) is 25.2 Å². The van der Waals surface area contributed by atoms with E-state index in [0.717, 1.165) is 0 Å². The Labute approximate surface area is 165 Å². The van der Waals surface area contributed by atoms with E-state index in [1.807, 2.05) is 0 Å². The van der Waals surface area contributed by atoms with Crippen LogP contribution in [0.5, 0.6) is 11.5 Å². The zero-order chi connectivity index (χ0) is 21.2. The Bertz CT molecular complexity index is 945. The number of aliphatic hydroxyl groups is 1. The van der Waals surface area contributed by atoms with Gasteiger partial charge in [-0.3, -0.25) is 4.79 Å². The van der Waals surface area contributed by atoms with Gasteiger partial charge in [-0.2, -0.15) is 23.3 Å². The van der Waals surface area contributed by atoms with Gasteiger partial charge in [0.2, 0.25) is 0 Å². The van der Waals surface area contributed by atoms with Crippen molar-refractivity contribution < 1.29 is 32.5 Å². The largest absolute Gasteiger partial charge is 0.497 e. The second-order valence-electron chi connectivity index (χ2n) is 6.53. The molecule has 9 heteroatoms. The zero-order valence-corrected chi connectivity index (χ0v) is 15.7. The van der Waals surface area contributed by atoms with Crippen molar-refractivity contribution in [1.82, 2.24) is 5.01 Å². The Morgan fingerprint density at radius 2 is 1.97 bits per heavy atom. The molecule has 1 unspecified atom stereocenters. The summed E-state index contributed by atoms with van der Waals surface area (Å²) in [5.41, 5.74) is -2.53. The van der Waals surface area contributed by atoms with E-state index in [1.54, 1.807) is 43.3 Å². The highest BCUT2D eigenvalue weighted by Crippen LogP contribution is 2.41. The van der Waals surface area contributed by atoms with Gasteiger partial charge in [0.15, 0.2) is 6.61 Å². The first kappa shape index (κ1) is 20.7. The first-order chi connectivity index (χ1) is 13.7. The number of carbonyl (C=O) groups excluding carboxylic acids is 1. The number of hydrogen-bond acceptors (Lipinski definition) is 5. The number of methoxy groups -OCH3 is 1. The van der Waals surface area contributed by atoms with Crippen LogP contribution in [0.25, 0.3) is 0 Å². The molecule has 0 aromatic heterocycles. The molecule has 1 amide bonds. The van der Waals surface area contributed by atoms with Gasteiger partial charge in [0.25, 0.3) is 11.6 Å². The first-order valence-corrected chi connectivity index (χ1v) is 8.68. The van der Waals surface area contributed by atoms with E-state index < -0.39 is 30.8 Å². The highest BCUT2D eigenvalue weighted by molar-refractivity contribution is 6.03. The van der Waals surface area contributed by atoms with Crippen molar-refractivity contribution >= 4 is 11.6 Å². The van der Waals surface area contributed by atoms with Gasteiger partial charge < -0.3 is 14.6 Å². The van der Waals surface area contributed by atoms with Crippen LogP contribution >= 0.6 is 0 Å². The van der Waals surface area contributed by atoms with Crippen LogP contribution in [0.3, 0.4) is 0 Å². The number of hydrogen-bond donors (Lipinski definition) is 1. The van der Waals surface area contributed by atoms with E-state index in [9.17, 15) is 23.1 Å². The van der Waals surface area contributed by atoms with E-state index >= 15 is 0 Å². The van der Waals surface area contributed by atoms with Gasteiger partial charge in [0, 0.05) is 5.56 Å². The molecule has 1 aliphatic rings. The summed E-state index contributed by atoms with van der Waals surface area (Å²) in [5, 5.41) is 14.2. The monoisotopic (exact) mass is 408 g/mol. The van der Waals surface area contributed by atoms with Crippen LogP contribution in [0.4, 0.5) is 13.2 Å². The summed E-state index contributed by atoms with van der Waals surface area (Å²) in [6, 6.07) is 13.0. The molecule has 1 aliphatic heterocycles. The molecule has 1 atom stereocenters. The number of carbonyl (C=O) groups is 1. The maximum Gasteiger partial charge on any atom is 0.438 e. The average Bonchev–Trinajstić information content (AvgIpc) is 3.06. The molecule has 154 valence electrons. The normalized spacial score (nSPS) is 19.1. The second-order valence-corrected chi connectivity index (χ2v) is 6.53. The lowest BCUT2D eigenvalue weighted by Crippen LogP contribution is -2.57. The fourth-order valence-electron chi connectivity index (χ4n) is 2.91. The lowest BCUT2D eigenvalue weighted by molar-refractivity contribution is -0.302. The molecule has 0 fully saturated rings. The number of alkyl halides is 3. The Morgan fingerprint density at radius 1 is 1.24 bits per heavy atom.